The van der Waals surface area contributed by atoms with Crippen LogP contribution in [-0.2, 0) is 19.3 Å². The Morgan fingerprint density at radius 2 is 1.76 bits per heavy atom. The Morgan fingerprint density at radius 3 is 2.24 bits per heavy atom. The molecule has 0 saturated carbocycles. The van der Waals surface area contributed by atoms with Crippen LogP contribution in [0.4, 0.5) is 17.6 Å². The van der Waals surface area contributed by atoms with Gasteiger partial charge in [0.1, 0.15) is 16.8 Å². The largest absolute Gasteiger partial charge is 0.394 e. The van der Waals surface area contributed by atoms with Crippen LogP contribution in [0.2, 0.25) is 5.15 Å². The van der Waals surface area contributed by atoms with Gasteiger partial charge in [-0.25, -0.2) is 9.37 Å². The van der Waals surface area contributed by atoms with Crippen molar-refractivity contribution < 1.29 is 17.6 Å². The Balaban J connectivity index is 2.43. The van der Waals surface area contributed by atoms with Crippen LogP contribution >= 0.6 is 11.6 Å². The highest BCUT2D eigenvalue weighted by atomic mass is 35.5. The number of rotatable bonds is 5. The summed E-state index contributed by atoms with van der Waals surface area (Å²) in [6, 6.07) is 4.11. The Bertz CT molecular complexity index is 763. The van der Waals surface area contributed by atoms with E-state index in [1.54, 1.807) is 0 Å². The molecule has 2 aromatic rings. The van der Waals surface area contributed by atoms with Crippen molar-refractivity contribution in [2.45, 2.75) is 53.1 Å². The van der Waals surface area contributed by atoms with E-state index >= 15 is 0 Å². The monoisotopic (exact) mass is 376 g/mol. The predicted octanol–water partition coefficient (Wildman–Crippen LogP) is 5.92. The van der Waals surface area contributed by atoms with Crippen molar-refractivity contribution in [3.05, 3.63) is 46.3 Å². The highest BCUT2D eigenvalue weighted by Gasteiger charge is 2.47. The molecule has 2 nitrogen and oxygen atoms in total. The number of hydrogen-bond acceptors (Lipinski definition) is 1. The van der Waals surface area contributed by atoms with E-state index < -0.39 is 17.4 Å². The summed E-state index contributed by atoms with van der Waals surface area (Å²) in [5.74, 6) is -0.00347. The van der Waals surface area contributed by atoms with Crippen LogP contribution in [0, 0.1) is 11.2 Å². The third kappa shape index (κ3) is 3.84. The van der Waals surface area contributed by atoms with Gasteiger partial charge in [-0.3, -0.25) is 4.57 Å². The molecule has 7 heteroatoms. The maximum Gasteiger partial charge on any atom is 0.394 e. The third-order valence-electron chi connectivity index (χ3n) is 4.27. The molecule has 1 heterocycles. The minimum atomic E-state index is -4.36. The standard InChI is InChI=1S/C18H21ClF4N2/c1-5-13-16(19)25(15(6-2)24-13)14-8-7-11(9-12(14)20)10-17(3,4)18(21,22)23/h7-9H,5-6,10H2,1-4H3. The molecule has 1 aromatic carbocycles. The zero-order valence-corrected chi connectivity index (χ0v) is 15.4. The van der Waals surface area contributed by atoms with E-state index in [-0.39, 0.29) is 17.7 Å². The van der Waals surface area contributed by atoms with Gasteiger partial charge in [0.15, 0.2) is 0 Å². The second-order valence-corrected chi connectivity index (χ2v) is 7.01. The Hall–Kier alpha value is -1.56. The molecule has 0 aliphatic rings. The SMILES string of the molecule is CCc1nc(CC)n(-c2ccc(CC(C)(C)C(F)(F)F)cc2F)c1Cl. The number of aryl methyl sites for hydroxylation is 2. The van der Waals surface area contributed by atoms with E-state index in [2.05, 4.69) is 4.98 Å². The zero-order valence-electron chi connectivity index (χ0n) is 14.6. The lowest BCUT2D eigenvalue weighted by Gasteiger charge is -2.27. The van der Waals surface area contributed by atoms with Crippen LogP contribution in [0.1, 0.15) is 44.8 Å². The second-order valence-electron chi connectivity index (χ2n) is 6.65. The molecule has 0 saturated heterocycles. The minimum Gasteiger partial charge on any atom is -0.284 e. The summed E-state index contributed by atoms with van der Waals surface area (Å²) >= 11 is 6.31. The quantitative estimate of drug-likeness (QED) is 0.592. The molecule has 2 rings (SSSR count). The molecule has 0 aliphatic heterocycles. The fraction of sp³-hybridized carbons (Fsp3) is 0.500. The van der Waals surface area contributed by atoms with E-state index in [4.69, 9.17) is 11.6 Å². The number of imidazole rings is 1. The van der Waals surface area contributed by atoms with Gasteiger partial charge in [0, 0.05) is 6.42 Å². The third-order valence-corrected chi connectivity index (χ3v) is 4.66. The lowest BCUT2D eigenvalue weighted by molar-refractivity contribution is -0.211. The van der Waals surface area contributed by atoms with Gasteiger partial charge < -0.3 is 0 Å². The maximum absolute atomic E-state index is 14.6. The van der Waals surface area contributed by atoms with Gasteiger partial charge in [-0.15, -0.1) is 0 Å². The molecule has 0 aliphatic carbocycles. The molecule has 25 heavy (non-hydrogen) atoms. The molecule has 0 spiro atoms. The van der Waals surface area contributed by atoms with Gasteiger partial charge >= 0.3 is 6.18 Å². The normalized spacial score (nSPS) is 12.7. The second kappa shape index (κ2) is 6.98. The first-order valence-corrected chi connectivity index (χ1v) is 8.51. The summed E-state index contributed by atoms with van der Waals surface area (Å²) in [4.78, 5) is 4.39. The highest BCUT2D eigenvalue weighted by molar-refractivity contribution is 6.30. The van der Waals surface area contributed by atoms with E-state index in [0.29, 0.717) is 29.5 Å². The number of halogens is 5. The first-order valence-electron chi connectivity index (χ1n) is 8.13. The molecule has 0 amide bonds. The summed E-state index contributed by atoms with van der Waals surface area (Å²) < 4.78 is 55.3. The fourth-order valence-corrected chi connectivity index (χ4v) is 3.02. The summed E-state index contributed by atoms with van der Waals surface area (Å²) in [6.07, 6.45) is -3.49. The lowest BCUT2D eigenvalue weighted by atomic mass is 9.85. The predicted molar refractivity (Wildman–Crippen MR) is 90.8 cm³/mol. The van der Waals surface area contributed by atoms with Crippen molar-refractivity contribution in [2.75, 3.05) is 0 Å². The average molecular weight is 377 g/mol. The zero-order chi connectivity index (χ0) is 19.0. The minimum absolute atomic E-state index is 0.197. The summed E-state index contributed by atoms with van der Waals surface area (Å²) in [5, 5.41) is 0.335. The van der Waals surface area contributed by atoms with Crippen LogP contribution in [-0.4, -0.2) is 15.7 Å². The van der Waals surface area contributed by atoms with Gasteiger partial charge in [0.25, 0.3) is 0 Å². The highest BCUT2D eigenvalue weighted by Crippen LogP contribution is 2.40. The van der Waals surface area contributed by atoms with Crippen molar-refractivity contribution in [1.29, 1.82) is 0 Å². The van der Waals surface area contributed by atoms with E-state index in [0.717, 1.165) is 19.9 Å². The molecule has 1 aromatic heterocycles. The van der Waals surface area contributed by atoms with Crippen LogP contribution in [0.3, 0.4) is 0 Å². The maximum atomic E-state index is 14.6. The molecule has 0 radical (unpaired) electrons. The summed E-state index contributed by atoms with van der Waals surface area (Å²) in [6.45, 7) is 5.99. The van der Waals surface area contributed by atoms with Crippen molar-refractivity contribution in [3.8, 4) is 5.69 Å². The van der Waals surface area contributed by atoms with Crippen molar-refractivity contribution >= 4 is 11.6 Å². The number of hydrogen-bond donors (Lipinski definition) is 0. The van der Waals surface area contributed by atoms with Crippen LogP contribution < -0.4 is 0 Å². The first kappa shape index (κ1) is 19.8. The van der Waals surface area contributed by atoms with Crippen molar-refractivity contribution in [2.24, 2.45) is 5.41 Å². The van der Waals surface area contributed by atoms with Crippen molar-refractivity contribution in [1.82, 2.24) is 9.55 Å². The van der Waals surface area contributed by atoms with E-state index in [1.165, 1.54) is 16.7 Å². The van der Waals surface area contributed by atoms with Gasteiger partial charge in [-0.05, 0) is 30.5 Å². The smallest absolute Gasteiger partial charge is 0.284 e. The molecule has 0 atom stereocenters. The molecule has 0 fully saturated rings. The van der Waals surface area contributed by atoms with Gasteiger partial charge in [0.05, 0.1) is 16.8 Å². The first-order chi connectivity index (χ1) is 11.5. The van der Waals surface area contributed by atoms with Crippen molar-refractivity contribution in [3.63, 3.8) is 0 Å². The van der Waals surface area contributed by atoms with Gasteiger partial charge in [-0.1, -0.05) is 45.4 Å². The van der Waals surface area contributed by atoms with Gasteiger partial charge in [0.2, 0.25) is 0 Å². The number of alkyl halides is 3. The summed E-state index contributed by atoms with van der Waals surface area (Å²) in [5.41, 5.74) is -0.784. The van der Waals surface area contributed by atoms with Gasteiger partial charge in [-0.2, -0.15) is 13.2 Å². The summed E-state index contributed by atoms with van der Waals surface area (Å²) in [7, 11) is 0. The average Bonchev–Trinajstić information content (AvgIpc) is 2.82. The fourth-order valence-electron chi connectivity index (χ4n) is 2.65. The van der Waals surface area contributed by atoms with E-state index in [1.807, 2.05) is 13.8 Å². The topological polar surface area (TPSA) is 17.8 Å². The molecule has 138 valence electrons. The van der Waals surface area contributed by atoms with Crippen LogP contribution in [0.15, 0.2) is 18.2 Å². The van der Waals surface area contributed by atoms with E-state index in [9.17, 15) is 17.6 Å². The molecule has 0 N–H and O–H groups in total. The number of aromatic nitrogens is 2. The Labute approximate surface area is 149 Å². The number of benzene rings is 1. The Morgan fingerprint density at radius 1 is 1.12 bits per heavy atom. The molecular weight excluding hydrogens is 356 g/mol. The van der Waals surface area contributed by atoms with Crippen LogP contribution in [0.5, 0.6) is 0 Å². The Kier molecular flexibility index (Phi) is 5.52. The lowest BCUT2D eigenvalue weighted by Crippen LogP contribution is -2.34. The molecule has 0 unspecified atom stereocenters. The van der Waals surface area contributed by atoms with Crippen LogP contribution in [0.25, 0.3) is 5.69 Å². The number of nitrogens with zero attached hydrogens (tertiary/aromatic N) is 2. The molecule has 0 bridgehead atoms. The molecular formula is C18H21ClF4N2.